The summed E-state index contributed by atoms with van der Waals surface area (Å²) in [7, 11) is 0. The smallest absolute Gasteiger partial charge is 0.0967 e. The molecule has 3 nitrogen and oxygen atoms in total. The summed E-state index contributed by atoms with van der Waals surface area (Å²) in [5, 5.41) is 3.31. The highest BCUT2D eigenvalue weighted by molar-refractivity contribution is 9.10. The third-order valence-corrected chi connectivity index (χ3v) is 2.80. The molecule has 76 valence electrons. The molecule has 1 aliphatic heterocycles. The van der Waals surface area contributed by atoms with Crippen LogP contribution in [0.3, 0.4) is 0 Å². The van der Waals surface area contributed by atoms with Crippen molar-refractivity contribution in [3.05, 3.63) is 28.5 Å². The predicted octanol–water partition coefficient (Wildman–Crippen LogP) is 1.72. The van der Waals surface area contributed by atoms with E-state index in [9.17, 15) is 0 Å². The van der Waals surface area contributed by atoms with Gasteiger partial charge in [-0.15, -0.1) is 0 Å². The van der Waals surface area contributed by atoms with Crippen LogP contribution in [-0.2, 0) is 11.2 Å². The largest absolute Gasteiger partial charge is 0.366 e. The van der Waals surface area contributed by atoms with Gasteiger partial charge >= 0.3 is 0 Å². The van der Waals surface area contributed by atoms with Crippen molar-refractivity contribution in [1.82, 2.24) is 10.3 Å². The minimum absolute atomic E-state index is 0.512. The first-order valence-corrected chi connectivity index (χ1v) is 5.55. The predicted molar refractivity (Wildman–Crippen MR) is 58.0 cm³/mol. The lowest BCUT2D eigenvalue weighted by Crippen LogP contribution is -2.38. The summed E-state index contributed by atoms with van der Waals surface area (Å²) in [5.41, 5.74) is 1.13. The molecular formula is C10H13BrN2O. The van der Waals surface area contributed by atoms with E-state index in [1.54, 1.807) is 0 Å². The Hall–Kier alpha value is -0.450. The molecule has 0 aromatic carbocycles. The fraction of sp³-hybridized carbons (Fsp3) is 0.500. The van der Waals surface area contributed by atoms with Gasteiger partial charge in [0.1, 0.15) is 0 Å². The molecule has 1 unspecified atom stereocenters. The summed E-state index contributed by atoms with van der Waals surface area (Å²) in [5.74, 6) is 0. The summed E-state index contributed by atoms with van der Waals surface area (Å²) in [6.45, 7) is 1.52. The van der Waals surface area contributed by atoms with Crippen LogP contribution in [0.4, 0.5) is 0 Å². The summed E-state index contributed by atoms with van der Waals surface area (Å²) in [4.78, 5) is 4.34. The SMILES string of the molecule is Brc1ccc(CC2CCOCN2)nc1. The summed E-state index contributed by atoms with van der Waals surface area (Å²) in [6, 6.07) is 4.60. The first-order valence-electron chi connectivity index (χ1n) is 4.76. The van der Waals surface area contributed by atoms with E-state index in [1.807, 2.05) is 12.3 Å². The Morgan fingerprint density at radius 1 is 1.57 bits per heavy atom. The van der Waals surface area contributed by atoms with Crippen LogP contribution in [0.2, 0.25) is 0 Å². The van der Waals surface area contributed by atoms with Crippen molar-refractivity contribution in [2.24, 2.45) is 0 Å². The molecule has 0 aliphatic carbocycles. The number of halogens is 1. The zero-order valence-corrected chi connectivity index (χ0v) is 9.46. The van der Waals surface area contributed by atoms with Gasteiger partial charge in [-0.1, -0.05) is 0 Å². The number of hydrogen-bond donors (Lipinski definition) is 1. The lowest BCUT2D eigenvalue weighted by molar-refractivity contribution is 0.0613. The molecule has 2 heterocycles. The highest BCUT2D eigenvalue weighted by atomic mass is 79.9. The molecule has 0 saturated carbocycles. The van der Waals surface area contributed by atoms with Crippen molar-refractivity contribution < 1.29 is 4.74 Å². The lowest BCUT2D eigenvalue weighted by Gasteiger charge is -2.23. The van der Waals surface area contributed by atoms with Gasteiger partial charge in [0.15, 0.2) is 0 Å². The number of nitrogens with one attached hydrogen (secondary N) is 1. The Balaban J connectivity index is 1.92. The second kappa shape index (κ2) is 4.87. The van der Waals surface area contributed by atoms with Crippen LogP contribution in [0, 0.1) is 0 Å². The van der Waals surface area contributed by atoms with Crippen molar-refractivity contribution in [1.29, 1.82) is 0 Å². The third kappa shape index (κ3) is 2.77. The molecule has 1 saturated heterocycles. The van der Waals surface area contributed by atoms with Crippen molar-refractivity contribution in [3.8, 4) is 0 Å². The van der Waals surface area contributed by atoms with Gasteiger partial charge in [0, 0.05) is 35.4 Å². The zero-order valence-electron chi connectivity index (χ0n) is 7.87. The van der Waals surface area contributed by atoms with E-state index >= 15 is 0 Å². The fourth-order valence-electron chi connectivity index (χ4n) is 1.53. The van der Waals surface area contributed by atoms with Crippen LogP contribution in [0.25, 0.3) is 0 Å². The standard InChI is InChI=1S/C10H13BrN2O/c11-8-1-2-9(12-6-8)5-10-3-4-14-7-13-10/h1-2,6,10,13H,3-5,7H2. The molecule has 0 radical (unpaired) electrons. The molecule has 1 fully saturated rings. The quantitative estimate of drug-likeness (QED) is 0.876. The first kappa shape index (κ1) is 10.1. The number of ether oxygens (including phenoxy) is 1. The Labute approximate surface area is 92.0 Å². The molecule has 4 heteroatoms. The van der Waals surface area contributed by atoms with Crippen molar-refractivity contribution >= 4 is 15.9 Å². The molecule has 14 heavy (non-hydrogen) atoms. The molecule has 0 bridgehead atoms. The summed E-state index contributed by atoms with van der Waals surface area (Å²) < 4.78 is 6.25. The normalized spacial score (nSPS) is 22.2. The van der Waals surface area contributed by atoms with E-state index in [0.717, 1.165) is 29.6 Å². The Morgan fingerprint density at radius 2 is 2.50 bits per heavy atom. The maximum atomic E-state index is 5.22. The summed E-state index contributed by atoms with van der Waals surface area (Å²) >= 11 is 3.37. The zero-order chi connectivity index (χ0) is 9.80. The first-order chi connectivity index (χ1) is 6.84. The number of nitrogens with zero attached hydrogens (tertiary/aromatic N) is 1. The van der Waals surface area contributed by atoms with Crippen molar-refractivity contribution in [2.75, 3.05) is 13.3 Å². The van der Waals surface area contributed by atoms with Crippen LogP contribution in [0.5, 0.6) is 0 Å². The fourth-order valence-corrected chi connectivity index (χ4v) is 1.77. The average Bonchev–Trinajstić information content (AvgIpc) is 2.23. The molecule has 0 spiro atoms. The van der Waals surface area contributed by atoms with Gasteiger partial charge in [0.2, 0.25) is 0 Å². The monoisotopic (exact) mass is 256 g/mol. The van der Waals surface area contributed by atoms with E-state index < -0.39 is 0 Å². The number of aromatic nitrogens is 1. The Morgan fingerprint density at radius 3 is 3.14 bits per heavy atom. The minimum Gasteiger partial charge on any atom is -0.366 e. The Kier molecular flexibility index (Phi) is 3.50. The van der Waals surface area contributed by atoms with E-state index in [0.29, 0.717) is 12.8 Å². The maximum absolute atomic E-state index is 5.22. The van der Waals surface area contributed by atoms with E-state index in [1.165, 1.54) is 0 Å². The average molecular weight is 257 g/mol. The van der Waals surface area contributed by atoms with E-state index in [-0.39, 0.29) is 0 Å². The third-order valence-electron chi connectivity index (χ3n) is 2.33. The minimum atomic E-state index is 0.512. The molecule has 1 N–H and O–H groups in total. The van der Waals surface area contributed by atoms with E-state index in [2.05, 4.69) is 32.3 Å². The molecular weight excluding hydrogens is 244 g/mol. The summed E-state index contributed by atoms with van der Waals surface area (Å²) in [6.07, 6.45) is 3.89. The van der Waals surface area contributed by atoms with Crippen LogP contribution < -0.4 is 5.32 Å². The number of hydrogen-bond acceptors (Lipinski definition) is 3. The molecule has 1 aliphatic rings. The Bertz CT molecular complexity index is 283. The second-order valence-corrected chi connectivity index (χ2v) is 4.33. The lowest BCUT2D eigenvalue weighted by atomic mass is 10.1. The molecule has 1 aromatic heterocycles. The maximum Gasteiger partial charge on any atom is 0.0967 e. The van der Waals surface area contributed by atoms with Crippen molar-refractivity contribution in [2.45, 2.75) is 18.9 Å². The molecule has 0 amide bonds. The van der Waals surface area contributed by atoms with Gasteiger partial charge in [-0.25, -0.2) is 0 Å². The number of pyridine rings is 1. The van der Waals surface area contributed by atoms with Gasteiger partial charge in [-0.2, -0.15) is 0 Å². The molecule has 2 rings (SSSR count). The van der Waals surface area contributed by atoms with Crippen LogP contribution in [0.1, 0.15) is 12.1 Å². The van der Waals surface area contributed by atoms with Gasteiger partial charge in [0.05, 0.1) is 6.73 Å². The van der Waals surface area contributed by atoms with Gasteiger partial charge < -0.3 is 4.74 Å². The molecule has 1 atom stereocenters. The topological polar surface area (TPSA) is 34.1 Å². The van der Waals surface area contributed by atoms with E-state index in [4.69, 9.17) is 4.74 Å². The van der Waals surface area contributed by atoms with Gasteiger partial charge in [0.25, 0.3) is 0 Å². The highest BCUT2D eigenvalue weighted by Gasteiger charge is 2.13. The van der Waals surface area contributed by atoms with Gasteiger partial charge in [-0.05, 0) is 34.5 Å². The van der Waals surface area contributed by atoms with Crippen LogP contribution >= 0.6 is 15.9 Å². The van der Waals surface area contributed by atoms with Gasteiger partial charge in [-0.3, -0.25) is 10.3 Å². The van der Waals surface area contributed by atoms with Crippen LogP contribution in [0.15, 0.2) is 22.8 Å². The highest BCUT2D eigenvalue weighted by Crippen LogP contribution is 2.10. The second-order valence-electron chi connectivity index (χ2n) is 3.41. The molecule has 1 aromatic rings. The number of rotatable bonds is 2. The van der Waals surface area contributed by atoms with Crippen LogP contribution in [-0.4, -0.2) is 24.4 Å². The van der Waals surface area contributed by atoms with Crippen molar-refractivity contribution in [3.63, 3.8) is 0 Å².